The summed E-state index contributed by atoms with van der Waals surface area (Å²) in [5.41, 5.74) is 1.77. The lowest BCUT2D eigenvalue weighted by Gasteiger charge is -2.31. The van der Waals surface area contributed by atoms with Crippen molar-refractivity contribution in [2.75, 3.05) is 25.0 Å². The van der Waals surface area contributed by atoms with Crippen LogP contribution in [0.1, 0.15) is 35.6 Å². The van der Waals surface area contributed by atoms with Gasteiger partial charge in [0.25, 0.3) is 5.91 Å². The van der Waals surface area contributed by atoms with Gasteiger partial charge in [0, 0.05) is 43.2 Å². The van der Waals surface area contributed by atoms with Crippen molar-refractivity contribution in [3.05, 3.63) is 41.2 Å². The highest BCUT2D eigenvalue weighted by Gasteiger charge is 2.22. The predicted molar refractivity (Wildman–Crippen MR) is 94.4 cm³/mol. The zero-order valence-electron chi connectivity index (χ0n) is 14.0. The van der Waals surface area contributed by atoms with Gasteiger partial charge in [-0.05, 0) is 24.6 Å². The van der Waals surface area contributed by atoms with Gasteiger partial charge in [-0.2, -0.15) is 4.37 Å². The second-order valence-electron chi connectivity index (χ2n) is 5.86. The number of nitrogens with one attached hydrogen (secondary N) is 1. The van der Waals surface area contributed by atoms with E-state index < -0.39 is 0 Å². The van der Waals surface area contributed by atoms with Crippen molar-refractivity contribution in [2.45, 2.75) is 32.9 Å². The van der Waals surface area contributed by atoms with Gasteiger partial charge in [0.05, 0.1) is 12.7 Å². The molecule has 1 aromatic carbocycles. The quantitative estimate of drug-likeness (QED) is 0.901. The molecule has 2 aromatic rings. The van der Waals surface area contributed by atoms with E-state index in [-0.39, 0.29) is 12.0 Å². The molecule has 128 valence electrons. The lowest BCUT2D eigenvalue weighted by atomic mass is 10.1. The van der Waals surface area contributed by atoms with E-state index in [1.165, 1.54) is 11.5 Å². The summed E-state index contributed by atoms with van der Waals surface area (Å²) in [5, 5.41) is 4.08. The number of carbonyl (C=O) groups is 1. The van der Waals surface area contributed by atoms with Gasteiger partial charge in [-0.3, -0.25) is 4.79 Å². The smallest absolute Gasteiger partial charge is 0.254 e. The molecule has 1 saturated heterocycles. The molecule has 2 heterocycles. The van der Waals surface area contributed by atoms with E-state index in [1.54, 1.807) is 0 Å². The van der Waals surface area contributed by atoms with Crippen molar-refractivity contribution in [3.63, 3.8) is 0 Å². The molecule has 0 unspecified atom stereocenters. The molecule has 0 radical (unpaired) electrons. The Morgan fingerprint density at radius 2 is 2.38 bits per heavy atom. The second-order valence-corrected chi connectivity index (χ2v) is 6.61. The van der Waals surface area contributed by atoms with E-state index >= 15 is 0 Å². The minimum atomic E-state index is 0.0659. The molecular weight excluding hydrogens is 324 g/mol. The van der Waals surface area contributed by atoms with Crippen LogP contribution in [0.5, 0.6) is 0 Å². The number of amides is 1. The van der Waals surface area contributed by atoms with Gasteiger partial charge in [0.15, 0.2) is 0 Å². The number of hydrogen-bond donors (Lipinski definition) is 1. The zero-order chi connectivity index (χ0) is 16.9. The van der Waals surface area contributed by atoms with E-state index in [0.29, 0.717) is 26.2 Å². The van der Waals surface area contributed by atoms with Crippen LogP contribution in [-0.2, 0) is 17.7 Å². The average molecular weight is 346 g/mol. The van der Waals surface area contributed by atoms with Gasteiger partial charge in [-0.1, -0.05) is 19.1 Å². The van der Waals surface area contributed by atoms with Crippen LogP contribution in [0.2, 0.25) is 0 Å². The summed E-state index contributed by atoms with van der Waals surface area (Å²) < 4.78 is 9.76. The first-order chi connectivity index (χ1) is 11.7. The zero-order valence-corrected chi connectivity index (χ0v) is 14.8. The van der Waals surface area contributed by atoms with E-state index in [1.807, 2.05) is 43.0 Å². The minimum absolute atomic E-state index is 0.0659. The van der Waals surface area contributed by atoms with Gasteiger partial charge < -0.3 is 15.0 Å². The molecule has 1 atom stereocenters. The molecule has 24 heavy (non-hydrogen) atoms. The van der Waals surface area contributed by atoms with Gasteiger partial charge >= 0.3 is 0 Å². The van der Waals surface area contributed by atoms with Crippen LogP contribution in [-0.4, -0.2) is 46.0 Å². The normalized spacial score (nSPS) is 17.8. The SMILES string of the molecule is CCc1nsc(NCc2cccc(C(=O)N3CCO[C@H](C)C3)c2)n1. The van der Waals surface area contributed by atoms with E-state index in [0.717, 1.165) is 28.5 Å². The molecule has 7 heteroatoms. The first-order valence-corrected chi connectivity index (χ1v) is 8.99. The molecule has 0 saturated carbocycles. The number of rotatable bonds is 5. The number of benzene rings is 1. The van der Waals surface area contributed by atoms with Crippen molar-refractivity contribution < 1.29 is 9.53 Å². The Bertz CT molecular complexity index is 703. The van der Waals surface area contributed by atoms with E-state index in [9.17, 15) is 4.79 Å². The lowest BCUT2D eigenvalue weighted by Crippen LogP contribution is -2.44. The fourth-order valence-electron chi connectivity index (χ4n) is 2.65. The lowest BCUT2D eigenvalue weighted by molar-refractivity contribution is -0.0124. The van der Waals surface area contributed by atoms with Crippen LogP contribution in [0.15, 0.2) is 24.3 Å². The van der Waals surface area contributed by atoms with E-state index in [2.05, 4.69) is 14.7 Å². The molecule has 1 aliphatic heterocycles. The maximum atomic E-state index is 12.6. The molecule has 0 spiro atoms. The van der Waals surface area contributed by atoms with Crippen LogP contribution in [0, 0.1) is 0 Å². The number of aryl methyl sites for hydroxylation is 1. The van der Waals surface area contributed by atoms with Crippen LogP contribution >= 0.6 is 11.5 Å². The molecule has 1 aliphatic rings. The number of carbonyl (C=O) groups excluding carboxylic acids is 1. The van der Waals surface area contributed by atoms with Gasteiger partial charge in [-0.25, -0.2) is 4.98 Å². The van der Waals surface area contributed by atoms with Crippen LogP contribution in [0.3, 0.4) is 0 Å². The Balaban J connectivity index is 1.63. The van der Waals surface area contributed by atoms with Crippen molar-refractivity contribution in [1.82, 2.24) is 14.3 Å². The molecule has 1 amide bonds. The third-order valence-electron chi connectivity index (χ3n) is 3.93. The van der Waals surface area contributed by atoms with Gasteiger partial charge in [0.1, 0.15) is 5.82 Å². The van der Waals surface area contributed by atoms with Crippen LogP contribution < -0.4 is 5.32 Å². The maximum absolute atomic E-state index is 12.6. The first kappa shape index (κ1) is 16.9. The number of anilines is 1. The summed E-state index contributed by atoms with van der Waals surface area (Å²) in [5.74, 6) is 0.920. The highest BCUT2D eigenvalue weighted by Crippen LogP contribution is 2.15. The largest absolute Gasteiger partial charge is 0.375 e. The first-order valence-electron chi connectivity index (χ1n) is 8.22. The molecular formula is C17H22N4O2S. The molecule has 1 aromatic heterocycles. The topological polar surface area (TPSA) is 67.4 Å². The van der Waals surface area contributed by atoms with Crippen molar-refractivity contribution in [3.8, 4) is 0 Å². The summed E-state index contributed by atoms with van der Waals surface area (Å²) in [6.07, 6.45) is 0.929. The molecule has 3 rings (SSSR count). The Hall–Kier alpha value is -1.99. The molecule has 0 bridgehead atoms. The number of nitrogens with zero attached hydrogens (tertiary/aromatic N) is 3. The summed E-state index contributed by atoms with van der Waals surface area (Å²) in [4.78, 5) is 18.9. The predicted octanol–water partition coefficient (Wildman–Crippen LogP) is 2.57. The maximum Gasteiger partial charge on any atom is 0.254 e. The Morgan fingerprint density at radius 1 is 1.50 bits per heavy atom. The Labute approximate surface area is 146 Å². The molecule has 0 aliphatic carbocycles. The van der Waals surface area contributed by atoms with Crippen molar-refractivity contribution in [1.29, 1.82) is 0 Å². The van der Waals surface area contributed by atoms with Gasteiger partial charge in [-0.15, -0.1) is 0 Å². The molecule has 1 fully saturated rings. The average Bonchev–Trinajstić information content (AvgIpc) is 3.08. The third-order valence-corrected chi connectivity index (χ3v) is 4.64. The van der Waals surface area contributed by atoms with Crippen molar-refractivity contribution >= 4 is 22.6 Å². The van der Waals surface area contributed by atoms with E-state index in [4.69, 9.17) is 4.74 Å². The van der Waals surface area contributed by atoms with Crippen LogP contribution in [0.25, 0.3) is 0 Å². The summed E-state index contributed by atoms with van der Waals surface area (Å²) in [7, 11) is 0. The fraction of sp³-hybridized carbons (Fsp3) is 0.471. The number of hydrogen-bond acceptors (Lipinski definition) is 6. The molecule has 6 nitrogen and oxygen atoms in total. The Morgan fingerprint density at radius 3 is 3.12 bits per heavy atom. The summed E-state index contributed by atoms with van der Waals surface area (Å²) in [6.45, 7) is 6.55. The number of morpholine rings is 1. The number of ether oxygens (including phenoxy) is 1. The fourth-order valence-corrected chi connectivity index (χ4v) is 3.29. The Kier molecular flexibility index (Phi) is 5.42. The summed E-state index contributed by atoms with van der Waals surface area (Å²) >= 11 is 1.37. The highest BCUT2D eigenvalue weighted by molar-refractivity contribution is 7.09. The van der Waals surface area contributed by atoms with Gasteiger partial charge in [0.2, 0.25) is 5.13 Å². The molecule has 1 N–H and O–H groups in total. The second kappa shape index (κ2) is 7.72. The van der Waals surface area contributed by atoms with Crippen molar-refractivity contribution in [2.24, 2.45) is 0 Å². The minimum Gasteiger partial charge on any atom is -0.375 e. The third kappa shape index (κ3) is 4.10. The summed E-state index contributed by atoms with van der Waals surface area (Å²) in [6, 6.07) is 7.74. The monoisotopic (exact) mass is 346 g/mol. The highest BCUT2D eigenvalue weighted by atomic mass is 32.1. The number of aromatic nitrogens is 2. The van der Waals surface area contributed by atoms with Crippen LogP contribution in [0.4, 0.5) is 5.13 Å². The standard InChI is InChI=1S/C17H22N4O2S/c1-3-15-19-17(24-20-15)18-10-13-5-4-6-14(9-13)16(22)21-7-8-23-12(2)11-21/h4-6,9,12H,3,7-8,10-11H2,1-2H3,(H,18,19,20)/t12-/m1/s1.